The highest BCUT2D eigenvalue weighted by molar-refractivity contribution is 5.82. The maximum Gasteiger partial charge on any atom is 0.201 e. The van der Waals surface area contributed by atoms with Gasteiger partial charge in [-0.3, -0.25) is 4.98 Å². The van der Waals surface area contributed by atoms with Crippen LogP contribution in [-0.4, -0.2) is 27.8 Å². The van der Waals surface area contributed by atoms with Crippen molar-refractivity contribution < 1.29 is 18.6 Å². The summed E-state index contributed by atoms with van der Waals surface area (Å²) < 4.78 is 33.9. The Morgan fingerprint density at radius 2 is 2.00 bits per heavy atom. The monoisotopic (exact) mass is 410 g/mol. The third kappa shape index (κ3) is 5.27. The number of fused-ring (bicyclic) bond motifs is 1. The van der Waals surface area contributed by atoms with Gasteiger partial charge in [-0.25, -0.2) is 9.37 Å². The van der Waals surface area contributed by atoms with Crippen LogP contribution in [0.3, 0.4) is 0 Å². The number of rotatable bonds is 9. The Kier molecular flexibility index (Phi) is 7.25. The van der Waals surface area contributed by atoms with Crippen molar-refractivity contribution in [3.63, 3.8) is 0 Å². The minimum atomic E-state index is -1.03. The zero-order valence-corrected chi connectivity index (χ0v) is 16.8. The minimum Gasteiger partial charge on any atom is -0.486 e. The number of halogens is 2. The highest BCUT2D eigenvalue weighted by atomic mass is 19.2. The molecule has 3 aromatic rings. The normalized spacial score (nSPS) is 12.4. The van der Waals surface area contributed by atoms with Gasteiger partial charge >= 0.3 is 0 Å². The molecule has 1 N–H and O–H groups in total. The van der Waals surface area contributed by atoms with Crippen LogP contribution >= 0.6 is 0 Å². The van der Waals surface area contributed by atoms with Crippen LogP contribution in [0, 0.1) is 11.6 Å². The summed E-state index contributed by atoms with van der Waals surface area (Å²) in [5, 5.41) is 9.27. The average Bonchev–Trinajstić information content (AvgIpc) is 2.74. The zero-order chi connectivity index (χ0) is 21.5. The second-order valence-electron chi connectivity index (χ2n) is 7.02. The Labute approximate surface area is 174 Å². The topological polar surface area (TPSA) is 55.2 Å². The molecule has 1 unspecified atom stereocenters. The number of aliphatic hydroxyl groups is 1. The molecule has 6 heteroatoms. The molecule has 0 fully saturated rings. The number of hydrogen-bond acceptors (Lipinski definition) is 4. The van der Waals surface area contributed by atoms with Crippen LogP contribution in [0.1, 0.15) is 31.9 Å². The third-order valence-corrected chi connectivity index (χ3v) is 4.56. The molecule has 4 nitrogen and oxygen atoms in total. The first-order chi connectivity index (χ1) is 14.5. The van der Waals surface area contributed by atoms with Crippen molar-refractivity contribution in [3.05, 3.63) is 72.6 Å². The van der Waals surface area contributed by atoms with Gasteiger partial charge in [0.15, 0.2) is 11.6 Å². The molecule has 30 heavy (non-hydrogen) atoms. The summed E-state index contributed by atoms with van der Waals surface area (Å²) in [5.41, 5.74) is 2.60. The number of aliphatic hydroxyl groups excluding tert-OH is 1. The molecule has 0 aliphatic heterocycles. The van der Waals surface area contributed by atoms with Gasteiger partial charge in [0.05, 0.1) is 29.0 Å². The van der Waals surface area contributed by atoms with Crippen molar-refractivity contribution in [3.8, 4) is 16.9 Å². The molecule has 0 radical (unpaired) electrons. The second-order valence-corrected chi connectivity index (χ2v) is 7.02. The number of ether oxygens (including phenoxy) is 1. The van der Waals surface area contributed by atoms with E-state index in [-0.39, 0.29) is 24.0 Å². The van der Waals surface area contributed by atoms with Gasteiger partial charge in [-0.2, -0.15) is 4.39 Å². The first-order valence-electron chi connectivity index (χ1n) is 9.83. The van der Waals surface area contributed by atoms with E-state index in [4.69, 9.17) is 4.74 Å². The van der Waals surface area contributed by atoms with Gasteiger partial charge in [0.1, 0.15) is 6.61 Å². The predicted octanol–water partition coefficient (Wildman–Crippen LogP) is 5.70. The highest BCUT2D eigenvalue weighted by Gasteiger charge is 2.16. The van der Waals surface area contributed by atoms with E-state index in [1.54, 1.807) is 31.3 Å². The van der Waals surface area contributed by atoms with Gasteiger partial charge in [-0.1, -0.05) is 24.8 Å². The lowest BCUT2D eigenvalue weighted by Gasteiger charge is -2.10. The summed E-state index contributed by atoms with van der Waals surface area (Å²) in [7, 11) is 0. The number of allylic oxidation sites excluding steroid dienone is 1. The largest absolute Gasteiger partial charge is 0.486 e. The molecule has 0 spiro atoms. The second kappa shape index (κ2) is 10.1. The molecule has 0 aliphatic rings. The quantitative estimate of drug-likeness (QED) is 0.363. The Bertz CT molecular complexity index is 1060. The Morgan fingerprint density at radius 3 is 2.77 bits per heavy atom. The lowest BCUT2D eigenvalue weighted by Crippen LogP contribution is -1.99. The summed E-state index contributed by atoms with van der Waals surface area (Å²) in [6, 6.07) is 7.99. The van der Waals surface area contributed by atoms with Gasteiger partial charge in [0.25, 0.3) is 0 Å². The van der Waals surface area contributed by atoms with Gasteiger partial charge < -0.3 is 9.84 Å². The molecule has 156 valence electrons. The highest BCUT2D eigenvalue weighted by Crippen LogP contribution is 2.31. The predicted molar refractivity (Wildman–Crippen MR) is 115 cm³/mol. The van der Waals surface area contributed by atoms with E-state index in [2.05, 4.69) is 16.5 Å². The summed E-state index contributed by atoms with van der Waals surface area (Å²) in [6.45, 7) is 5.36. The van der Waals surface area contributed by atoms with Crippen LogP contribution in [0.2, 0.25) is 0 Å². The van der Waals surface area contributed by atoms with Crippen molar-refractivity contribution in [1.29, 1.82) is 0 Å². The third-order valence-electron chi connectivity index (χ3n) is 4.56. The standard InChI is InChI=1S/C24H24F2N2O2/c1-3-13-30-22-12-10-19(23(25)24(22)26)17-9-11-20-21(14-17)27-15-18(28-20)8-6-4-5-7-16(2)29/h3,6,8-12,14-16,29H,1,4-5,7,13H2,2H3/b8-6+. The van der Waals surface area contributed by atoms with E-state index in [0.717, 1.165) is 19.3 Å². The number of hydrogen-bond donors (Lipinski definition) is 1. The van der Waals surface area contributed by atoms with Crippen LogP contribution in [-0.2, 0) is 0 Å². The van der Waals surface area contributed by atoms with E-state index < -0.39 is 11.6 Å². The Morgan fingerprint density at radius 1 is 1.17 bits per heavy atom. The molecule has 3 rings (SSSR count). The summed E-state index contributed by atoms with van der Waals surface area (Å²) in [6.07, 6.45) is 9.21. The molecule has 0 saturated carbocycles. The van der Waals surface area contributed by atoms with E-state index in [1.165, 1.54) is 18.2 Å². The van der Waals surface area contributed by atoms with Crippen molar-refractivity contribution in [1.82, 2.24) is 9.97 Å². The zero-order valence-electron chi connectivity index (χ0n) is 16.8. The van der Waals surface area contributed by atoms with Crippen molar-refractivity contribution in [2.45, 2.75) is 32.3 Å². The van der Waals surface area contributed by atoms with Crippen molar-refractivity contribution >= 4 is 17.1 Å². The minimum absolute atomic E-state index is 0.0958. The van der Waals surface area contributed by atoms with Gasteiger partial charge in [-0.15, -0.1) is 0 Å². The lowest BCUT2D eigenvalue weighted by atomic mass is 10.0. The van der Waals surface area contributed by atoms with Crippen LogP contribution in [0.25, 0.3) is 28.2 Å². The lowest BCUT2D eigenvalue weighted by molar-refractivity contribution is 0.182. The van der Waals surface area contributed by atoms with Crippen LogP contribution < -0.4 is 4.74 Å². The Hall–Kier alpha value is -3.12. The van der Waals surface area contributed by atoms with E-state index in [9.17, 15) is 13.9 Å². The van der Waals surface area contributed by atoms with Gasteiger partial charge in [0, 0.05) is 5.56 Å². The van der Waals surface area contributed by atoms with Crippen molar-refractivity contribution in [2.24, 2.45) is 0 Å². The molecule has 0 amide bonds. The van der Waals surface area contributed by atoms with Gasteiger partial charge in [0.2, 0.25) is 5.82 Å². The van der Waals surface area contributed by atoms with E-state index in [0.29, 0.717) is 22.3 Å². The SMILES string of the molecule is C=CCOc1ccc(-c2ccc3nc(/C=C/CCCC(C)O)cnc3c2)c(F)c1F. The number of benzene rings is 2. The van der Waals surface area contributed by atoms with Crippen LogP contribution in [0.5, 0.6) is 5.75 Å². The van der Waals surface area contributed by atoms with Crippen molar-refractivity contribution in [2.75, 3.05) is 6.61 Å². The first kappa shape index (κ1) is 21.6. The molecule has 1 heterocycles. The molecule has 2 aromatic carbocycles. The van der Waals surface area contributed by atoms with E-state index >= 15 is 0 Å². The summed E-state index contributed by atoms with van der Waals surface area (Å²) in [5.74, 6) is -2.15. The summed E-state index contributed by atoms with van der Waals surface area (Å²) in [4.78, 5) is 8.93. The fraction of sp³-hybridized carbons (Fsp3) is 0.250. The number of aromatic nitrogens is 2. The molecule has 1 atom stereocenters. The number of nitrogens with zero attached hydrogens (tertiary/aromatic N) is 2. The molecule has 0 bridgehead atoms. The van der Waals surface area contributed by atoms with Crippen LogP contribution in [0.4, 0.5) is 8.78 Å². The smallest absolute Gasteiger partial charge is 0.201 e. The first-order valence-corrected chi connectivity index (χ1v) is 9.83. The maximum atomic E-state index is 14.5. The Balaban J connectivity index is 1.80. The molecule has 1 aromatic heterocycles. The summed E-state index contributed by atoms with van der Waals surface area (Å²) >= 11 is 0. The average molecular weight is 410 g/mol. The molecular weight excluding hydrogens is 386 g/mol. The molecule has 0 aliphatic carbocycles. The molecule has 0 saturated heterocycles. The fourth-order valence-corrected chi connectivity index (χ4v) is 3.02. The fourth-order valence-electron chi connectivity index (χ4n) is 3.02. The van der Waals surface area contributed by atoms with Crippen LogP contribution in [0.15, 0.2) is 55.3 Å². The van der Waals surface area contributed by atoms with Gasteiger partial charge in [-0.05, 0) is 62.1 Å². The van der Waals surface area contributed by atoms with E-state index in [1.807, 2.05) is 12.2 Å². The number of unbranched alkanes of at least 4 members (excludes halogenated alkanes) is 1. The maximum absolute atomic E-state index is 14.5. The molecular formula is C24H24F2N2O2.